The Balaban J connectivity index is 2.75. The van der Waals surface area contributed by atoms with Crippen molar-refractivity contribution in [2.75, 3.05) is 12.8 Å². The number of nitrogens with zero attached hydrogens (tertiary/aromatic N) is 1. The third-order valence-electron chi connectivity index (χ3n) is 2.81. The maximum Gasteiger partial charge on any atom is 0.221 e. The fraction of sp³-hybridized carbons (Fsp3) is 0.500. The lowest BCUT2D eigenvalue weighted by molar-refractivity contribution is -0.121. The molecule has 0 unspecified atom stereocenters. The van der Waals surface area contributed by atoms with Crippen molar-refractivity contribution in [3.8, 4) is 0 Å². The summed E-state index contributed by atoms with van der Waals surface area (Å²) in [6.45, 7) is 4.00. The number of carbonyl (C=O) groups excluding carboxylic acids is 1. The van der Waals surface area contributed by atoms with Crippen molar-refractivity contribution in [3.63, 3.8) is 0 Å². The van der Waals surface area contributed by atoms with E-state index in [0.717, 1.165) is 6.26 Å². The van der Waals surface area contributed by atoms with Gasteiger partial charge in [-0.3, -0.25) is 4.79 Å². The largest absolute Gasteiger partial charge is 0.354 e. The molecule has 0 aromatic heterocycles. The Morgan fingerprint density at radius 3 is 2.48 bits per heavy atom. The van der Waals surface area contributed by atoms with Crippen molar-refractivity contribution in [1.82, 2.24) is 9.62 Å². The van der Waals surface area contributed by atoms with E-state index in [-0.39, 0.29) is 31.5 Å². The summed E-state index contributed by atoms with van der Waals surface area (Å²) in [5, 5.41) is 3.25. The summed E-state index contributed by atoms with van der Waals surface area (Å²) in [6, 6.07) is 7.10. The molecular weight excluding hydrogens is 312 g/mol. The van der Waals surface area contributed by atoms with Gasteiger partial charge in [0.15, 0.2) is 0 Å². The van der Waals surface area contributed by atoms with Crippen LogP contribution in [0.5, 0.6) is 0 Å². The monoisotopic (exact) mass is 332 g/mol. The van der Waals surface area contributed by atoms with Gasteiger partial charge < -0.3 is 5.32 Å². The molecule has 0 aliphatic carbocycles. The van der Waals surface area contributed by atoms with E-state index in [1.54, 1.807) is 24.3 Å². The Hall–Kier alpha value is -1.11. The van der Waals surface area contributed by atoms with Gasteiger partial charge in [0.1, 0.15) is 0 Å². The van der Waals surface area contributed by atoms with Crippen LogP contribution in [0.15, 0.2) is 24.3 Å². The smallest absolute Gasteiger partial charge is 0.221 e. The molecule has 0 aliphatic rings. The molecule has 1 rings (SSSR count). The molecule has 0 aliphatic heterocycles. The minimum atomic E-state index is -3.41. The topological polar surface area (TPSA) is 66.5 Å². The van der Waals surface area contributed by atoms with Gasteiger partial charge in [0.25, 0.3) is 0 Å². The minimum absolute atomic E-state index is 0.0350. The molecule has 0 radical (unpaired) electrons. The van der Waals surface area contributed by atoms with Crippen LogP contribution in [0.1, 0.15) is 25.8 Å². The Kier molecular flexibility index (Phi) is 6.64. The Morgan fingerprint density at radius 2 is 1.95 bits per heavy atom. The Bertz CT molecular complexity index is 588. The van der Waals surface area contributed by atoms with Crippen LogP contribution in [0.3, 0.4) is 0 Å². The molecule has 0 atom stereocenters. The molecule has 1 aromatic rings. The van der Waals surface area contributed by atoms with Crippen LogP contribution >= 0.6 is 11.6 Å². The molecule has 5 nitrogen and oxygen atoms in total. The lowest BCUT2D eigenvalue weighted by Crippen LogP contribution is -2.36. The summed E-state index contributed by atoms with van der Waals surface area (Å²) in [5.74, 6) is -0.169. The van der Waals surface area contributed by atoms with Crippen LogP contribution in [-0.4, -0.2) is 37.5 Å². The van der Waals surface area contributed by atoms with E-state index in [9.17, 15) is 13.2 Å². The highest BCUT2D eigenvalue weighted by Crippen LogP contribution is 2.18. The normalized spacial score (nSPS) is 11.9. The van der Waals surface area contributed by atoms with E-state index in [1.807, 2.05) is 13.8 Å². The zero-order valence-corrected chi connectivity index (χ0v) is 14.0. The highest BCUT2D eigenvalue weighted by molar-refractivity contribution is 7.88. The second-order valence-electron chi connectivity index (χ2n) is 5.16. The average molecular weight is 333 g/mol. The third-order valence-corrected chi connectivity index (χ3v) is 4.43. The van der Waals surface area contributed by atoms with Crippen LogP contribution in [-0.2, 0) is 21.4 Å². The molecule has 7 heteroatoms. The number of rotatable bonds is 7. The average Bonchev–Trinajstić information content (AvgIpc) is 2.34. The molecule has 0 saturated heterocycles. The van der Waals surface area contributed by atoms with Crippen LogP contribution < -0.4 is 5.32 Å². The van der Waals surface area contributed by atoms with Gasteiger partial charge in [-0.2, -0.15) is 4.31 Å². The standard InChI is InChI=1S/C14H21ClN2O3S/c1-11(2)16-14(18)8-9-17(21(3,19)20)10-12-6-4-5-7-13(12)15/h4-7,11H,8-10H2,1-3H3,(H,16,18). The van der Waals surface area contributed by atoms with Crippen LogP contribution in [0.25, 0.3) is 0 Å². The van der Waals surface area contributed by atoms with Crippen LogP contribution in [0, 0.1) is 0 Å². The first kappa shape index (κ1) is 17.9. The van der Waals surface area contributed by atoms with Crippen LogP contribution in [0.4, 0.5) is 0 Å². The minimum Gasteiger partial charge on any atom is -0.354 e. The molecule has 1 amide bonds. The van der Waals surface area contributed by atoms with Gasteiger partial charge in [-0.05, 0) is 25.5 Å². The van der Waals surface area contributed by atoms with E-state index in [0.29, 0.717) is 10.6 Å². The zero-order chi connectivity index (χ0) is 16.0. The van der Waals surface area contributed by atoms with Gasteiger partial charge in [0.05, 0.1) is 6.26 Å². The summed E-state index contributed by atoms with van der Waals surface area (Å²) in [7, 11) is -3.41. The number of nitrogens with one attached hydrogen (secondary N) is 1. The summed E-state index contributed by atoms with van der Waals surface area (Å²) >= 11 is 6.05. The molecule has 1 aromatic carbocycles. The summed E-state index contributed by atoms with van der Waals surface area (Å²) in [5.41, 5.74) is 0.717. The molecule has 0 fully saturated rings. The summed E-state index contributed by atoms with van der Waals surface area (Å²) in [6.07, 6.45) is 1.25. The maximum absolute atomic E-state index is 11.8. The van der Waals surface area contributed by atoms with E-state index in [4.69, 9.17) is 11.6 Å². The number of sulfonamides is 1. The second kappa shape index (κ2) is 7.77. The van der Waals surface area contributed by atoms with Gasteiger partial charge in [0.2, 0.25) is 15.9 Å². The van der Waals surface area contributed by atoms with E-state index < -0.39 is 10.0 Å². The quantitative estimate of drug-likeness (QED) is 0.830. The number of halogens is 1. The number of hydrogen-bond donors (Lipinski definition) is 1. The molecular formula is C14H21ClN2O3S. The maximum atomic E-state index is 11.8. The first-order chi connectivity index (χ1) is 9.70. The number of carbonyl (C=O) groups is 1. The van der Waals surface area contributed by atoms with Gasteiger partial charge in [0, 0.05) is 30.6 Å². The number of benzene rings is 1. The molecule has 0 saturated carbocycles. The predicted molar refractivity (Wildman–Crippen MR) is 84.6 cm³/mol. The zero-order valence-electron chi connectivity index (χ0n) is 12.5. The summed E-state index contributed by atoms with van der Waals surface area (Å²) < 4.78 is 24.9. The highest BCUT2D eigenvalue weighted by atomic mass is 35.5. The van der Waals surface area contributed by atoms with Gasteiger partial charge in [-0.25, -0.2) is 8.42 Å². The van der Waals surface area contributed by atoms with E-state index in [2.05, 4.69) is 5.32 Å². The van der Waals surface area contributed by atoms with Crippen molar-refractivity contribution in [1.29, 1.82) is 0 Å². The lowest BCUT2D eigenvalue weighted by atomic mass is 10.2. The van der Waals surface area contributed by atoms with Crippen molar-refractivity contribution in [2.45, 2.75) is 32.9 Å². The van der Waals surface area contributed by atoms with Gasteiger partial charge in [-0.15, -0.1) is 0 Å². The van der Waals surface area contributed by atoms with E-state index in [1.165, 1.54) is 4.31 Å². The fourth-order valence-corrected chi connectivity index (χ4v) is 2.79. The summed E-state index contributed by atoms with van der Waals surface area (Å²) in [4.78, 5) is 11.6. The molecule has 1 N–H and O–H groups in total. The molecule has 0 heterocycles. The third kappa shape index (κ3) is 6.46. The molecule has 0 spiro atoms. The second-order valence-corrected chi connectivity index (χ2v) is 7.55. The van der Waals surface area contributed by atoms with Gasteiger partial charge >= 0.3 is 0 Å². The SMILES string of the molecule is CC(C)NC(=O)CCN(Cc1ccccc1Cl)S(C)(=O)=O. The number of amides is 1. The van der Waals surface area contributed by atoms with Crippen molar-refractivity contribution in [2.24, 2.45) is 0 Å². The first-order valence-electron chi connectivity index (χ1n) is 6.68. The molecule has 21 heavy (non-hydrogen) atoms. The first-order valence-corrected chi connectivity index (χ1v) is 8.90. The van der Waals surface area contributed by atoms with Crippen molar-refractivity contribution in [3.05, 3.63) is 34.9 Å². The van der Waals surface area contributed by atoms with Crippen molar-refractivity contribution >= 4 is 27.5 Å². The predicted octanol–water partition coefficient (Wildman–Crippen LogP) is 2.02. The number of hydrogen-bond acceptors (Lipinski definition) is 3. The highest BCUT2D eigenvalue weighted by Gasteiger charge is 2.19. The fourth-order valence-electron chi connectivity index (χ4n) is 1.80. The van der Waals surface area contributed by atoms with Gasteiger partial charge in [-0.1, -0.05) is 29.8 Å². The van der Waals surface area contributed by atoms with E-state index >= 15 is 0 Å². The Morgan fingerprint density at radius 1 is 1.33 bits per heavy atom. The Labute approximate surface area is 131 Å². The molecule has 0 bridgehead atoms. The van der Waals surface area contributed by atoms with Crippen molar-refractivity contribution < 1.29 is 13.2 Å². The lowest BCUT2D eigenvalue weighted by Gasteiger charge is -2.20. The molecule has 118 valence electrons. The van der Waals surface area contributed by atoms with Crippen LogP contribution in [0.2, 0.25) is 5.02 Å².